The Labute approximate surface area is 180 Å². The van der Waals surface area contributed by atoms with Gasteiger partial charge in [0.05, 0.1) is 30.6 Å². The van der Waals surface area contributed by atoms with E-state index in [0.29, 0.717) is 11.1 Å². The number of ether oxygens (including phenoxy) is 2. The number of pyridine rings is 1. The first kappa shape index (κ1) is 22.4. The van der Waals surface area contributed by atoms with Crippen LogP contribution in [0.4, 0.5) is 5.82 Å². The van der Waals surface area contributed by atoms with Crippen molar-refractivity contribution < 1.29 is 39.8 Å². The average Bonchev–Trinajstić information content (AvgIpc) is 3.26. The molecule has 0 radical (unpaired) electrons. The molecule has 174 valence electrons. The molecule has 32 heavy (non-hydrogen) atoms. The van der Waals surface area contributed by atoms with Gasteiger partial charge >= 0.3 is 5.97 Å². The number of imidazole rings is 1. The highest BCUT2D eigenvalue weighted by molar-refractivity contribution is 5.77. The first-order valence-electron chi connectivity index (χ1n) is 9.86. The number of H-pyrrole nitrogens is 1. The zero-order valence-corrected chi connectivity index (χ0v) is 16.7. The molecule has 1 saturated heterocycles. The minimum Gasteiger partial charge on any atom is -0.479 e. The summed E-state index contributed by atoms with van der Waals surface area (Å²) in [5.74, 6) is -1.99. The Kier molecular flexibility index (Phi) is 5.79. The van der Waals surface area contributed by atoms with Crippen LogP contribution in [0.15, 0.2) is 29.3 Å². The smallest absolute Gasteiger partial charge is 0.335 e. The molecule has 0 bridgehead atoms. The van der Waals surface area contributed by atoms with Crippen LogP contribution in [0.5, 0.6) is 0 Å². The first-order valence-corrected chi connectivity index (χ1v) is 9.86. The summed E-state index contributed by atoms with van der Waals surface area (Å²) in [6.07, 6.45) is -7.87. The summed E-state index contributed by atoms with van der Waals surface area (Å²) in [7, 11) is 0. The number of aliphatic hydroxyl groups is 4. The summed E-state index contributed by atoms with van der Waals surface area (Å²) < 4.78 is 12.3. The maximum absolute atomic E-state index is 12.0. The van der Waals surface area contributed by atoms with E-state index in [1.807, 2.05) is 0 Å². The third kappa shape index (κ3) is 3.68. The summed E-state index contributed by atoms with van der Waals surface area (Å²) in [6.45, 7) is 3.83. The zero-order valence-electron chi connectivity index (χ0n) is 16.7. The number of anilines is 1. The third-order valence-electron chi connectivity index (χ3n) is 6.02. The number of aliphatic hydroxyl groups excluding tert-OH is 4. The molecule has 13 nitrogen and oxygen atoms in total. The van der Waals surface area contributed by atoms with Crippen LogP contribution in [0.3, 0.4) is 0 Å². The van der Waals surface area contributed by atoms with Gasteiger partial charge in [-0.05, 0) is 12.0 Å². The number of nitrogens with two attached hydrogens (primary N) is 1. The van der Waals surface area contributed by atoms with E-state index in [1.165, 1.54) is 6.33 Å². The number of aromatic amines is 1. The largest absolute Gasteiger partial charge is 0.479 e. The molecule has 13 heteroatoms. The number of hydrogen-bond acceptors (Lipinski definition) is 10. The van der Waals surface area contributed by atoms with E-state index in [1.54, 1.807) is 10.6 Å². The molecule has 0 amide bonds. The fourth-order valence-electron chi connectivity index (χ4n) is 4.25. The van der Waals surface area contributed by atoms with Crippen LogP contribution in [-0.4, -0.2) is 89.5 Å². The van der Waals surface area contributed by atoms with Gasteiger partial charge in [0.2, 0.25) is 0 Å². The molecule has 8 N–H and O–H groups in total. The average molecular weight is 455 g/mol. The maximum atomic E-state index is 12.0. The van der Waals surface area contributed by atoms with E-state index < -0.39 is 60.3 Å². The molecule has 3 heterocycles. The van der Waals surface area contributed by atoms with Crippen LogP contribution in [-0.2, 0) is 14.3 Å². The van der Waals surface area contributed by atoms with Crippen molar-refractivity contribution in [3.05, 3.63) is 34.9 Å². The Balaban J connectivity index is 1.50. The molecule has 1 aliphatic heterocycles. The van der Waals surface area contributed by atoms with Gasteiger partial charge in [0.15, 0.2) is 17.9 Å². The van der Waals surface area contributed by atoms with Crippen LogP contribution in [0, 0.1) is 5.92 Å². The van der Waals surface area contributed by atoms with E-state index in [9.17, 15) is 30.0 Å². The Bertz CT molecular complexity index is 1100. The number of nitrogens with one attached hydrogen (secondary N) is 1. The molecule has 1 aliphatic carbocycles. The molecule has 1 saturated carbocycles. The lowest BCUT2D eigenvalue weighted by Crippen LogP contribution is -2.60. The number of carbonyl (C=O) groups is 1. The summed E-state index contributed by atoms with van der Waals surface area (Å²) in [4.78, 5) is 29.8. The summed E-state index contributed by atoms with van der Waals surface area (Å²) >= 11 is 0. The van der Waals surface area contributed by atoms with Gasteiger partial charge in [-0.3, -0.25) is 4.79 Å². The second-order valence-corrected chi connectivity index (χ2v) is 8.01. The molecule has 2 fully saturated rings. The van der Waals surface area contributed by atoms with Gasteiger partial charge in [-0.25, -0.2) is 9.78 Å². The molecular weight excluding hydrogens is 431 g/mol. The Morgan fingerprint density at radius 1 is 1.31 bits per heavy atom. The van der Waals surface area contributed by atoms with Crippen molar-refractivity contribution >= 4 is 22.8 Å². The molecule has 0 aromatic carbocycles. The van der Waals surface area contributed by atoms with E-state index in [0.717, 1.165) is 0 Å². The van der Waals surface area contributed by atoms with E-state index in [4.69, 9.17) is 20.3 Å². The minimum absolute atomic E-state index is 0.158. The summed E-state index contributed by atoms with van der Waals surface area (Å²) in [6, 6.07) is 1.12. The minimum atomic E-state index is -1.83. The lowest BCUT2D eigenvalue weighted by molar-refractivity contribution is -0.296. The fourth-order valence-corrected chi connectivity index (χ4v) is 4.25. The number of rotatable bonds is 5. The molecule has 2 aliphatic rings. The van der Waals surface area contributed by atoms with Crippen molar-refractivity contribution in [1.29, 1.82) is 0 Å². The first-order chi connectivity index (χ1) is 15.1. The molecular formula is C19H24N4O9. The van der Waals surface area contributed by atoms with Gasteiger partial charge in [-0.1, -0.05) is 6.58 Å². The van der Waals surface area contributed by atoms with E-state index in [-0.39, 0.29) is 24.4 Å². The van der Waals surface area contributed by atoms with E-state index >= 15 is 0 Å². The van der Waals surface area contributed by atoms with Crippen molar-refractivity contribution in [2.45, 2.75) is 49.3 Å². The Hall–Kier alpha value is -2.81. The predicted octanol–water partition coefficient (Wildman–Crippen LogP) is -2.31. The molecule has 0 unspecified atom stereocenters. The van der Waals surface area contributed by atoms with Crippen LogP contribution in [0.1, 0.15) is 12.5 Å². The number of hydrogen-bond donors (Lipinski definition) is 7. The van der Waals surface area contributed by atoms with Crippen LogP contribution in [0.2, 0.25) is 0 Å². The van der Waals surface area contributed by atoms with Crippen molar-refractivity contribution in [2.24, 2.45) is 5.92 Å². The topological polar surface area (TPSA) is 213 Å². The second-order valence-electron chi connectivity index (χ2n) is 8.01. The van der Waals surface area contributed by atoms with Gasteiger partial charge < -0.3 is 50.3 Å². The lowest BCUT2D eigenvalue weighted by atomic mass is 9.98. The third-order valence-corrected chi connectivity index (χ3v) is 6.02. The monoisotopic (exact) mass is 455 g/mol. The number of nitrogens with zero attached hydrogens (tertiary/aromatic N) is 2. The van der Waals surface area contributed by atoms with Crippen LogP contribution < -0.4 is 11.3 Å². The van der Waals surface area contributed by atoms with Gasteiger partial charge in [0.1, 0.15) is 24.1 Å². The maximum Gasteiger partial charge on any atom is 0.335 e. The number of fused-ring (bicyclic) bond motifs is 1. The van der Waals surface area contributed by atoms with Crippen molar-refractivity contribution in [3.8, 4) is 0 Å². The number of nitrogen functional groups attached to an aromatic ring is 1. The fraction of sp³-hybridized carbons (Fsp3) is 0.526. The number of aromatic nitrogens is 3. The van der Waals surface area contributed by atoms with Gasteiger partial charge in [0.25, 0.3) is 5.56 Å². The Morgan fingerprint density at radius 3 is 2.72 bits per heavy atom. The molecule has 2 aromatic heterocycles. The van der Waals surface area contributed by atoms with Gasteiger partial charge in [-0.2, -0.15) is 0 Å². The molecule has 4 rings (SSSR count). The van der Waals surface area contributed by atoms with Crippen LogP contribution >= 0.6 is 0 Å². The van der Waals surface area contributed by atoms with Crippen LogP contribution in [0.25, 0.3) is 11.0 Å². The van der Waals surface area contributed by atoms with Crippen molar-refractivity contribution in [1.82, 2.24) is 14.5 Å². The number of carboxylic acids is 1. The predicted molar refractivity (Wildman–Crippen MR) is 107 cm³/mol. The number of carboxylic acid groups (broad SMARTS) is 1. The zero-order chi connectivity index (χ0) is 23.3. The Morgan fingerprint density at radius 2 is 2.03 bits per heavy atom. The quantitative estimate of drug-likeness (QED) is 0.238. The lowest BCUT2D eigenvalue weighted by Gasteiger charge is -2.38. The highest BCUT2D eigenvalue weighted by atomic mass is 16.7. The molecule has 0 spiro atoms. The summed E-state index contributed by atoms with van der Waals surface area (Å²) in [5, 5.41) is 49.5. The van der Waals surface area contributed by atoms with Crippen molar-refractivity contribution in [3.63, 3.8) is 0 Å². The normalized spacial score (nSPS) is 35.4. The summed E-state index contributed by atoms with van der Waals surface area (Å²) in [5.41, 5.74) is 6.50. The van der Waals surface area contributed by atoms with E-state index in [2.05, 4.69) is 16.5 Å². The second kappa shape index (κ2) is 8.27. The molecule has 8 atom stereocenters. The SMILES string of the molecule is C=C1[C@H](CO[C@@H]2O[C@H](C(=O)O)[C@@H](O)[C@H](O)[C@H]2O)[C@@H](O)C[C@@H]1n1c[15n]c2[13c](=O)[nH]c(N)c[13c]21. The number of aliphatic carboxylic acids is 1. The molecule has 2 aromatic rings. The van der Waals surface area contributed by atoms with Crippen molar-refractivity contribution in [2.75, 3.05) is 12.3 Å². The standard InChI is InChI=1S/C19H24N4O9/c1-6-7(4-31-19-15(27)13(25)14(26)16(32-19)18(29)30)10(24)2-8(6)23-5-21-12-9(23)3-11(20)22-17(12)28/h3,5,7-8,10,13-16,19,24-27H,1-2,4H2,(H,29,30)(H3,20,22,28)/t7-,8-,10-,13-,14-,15+,16-,19+/m0/s1/i9+1,17+1,21+1. The highest BCUT2D eigenvalue weighted by Crippen LogP contribution is 2.41. The highest BCUT2D eigenvalue weighted by Gasteiger charge is 2.48. The van der Waals surface area contributed by atoms with Gasteiger partial charge in [0, 0.05) is 12.0 Å². The van der Waals surface area contributed by atoms with Gasteiger partial charge in [-0.15, -0.1) is 0 Å².